The molecule has 1 aromatic rings. The van der Waals surface area contributed by atoms with Gasteiger partial charge in [0.1, 0.15) is 6.17 Å². The lowest BCUT2D eigenvalue weighted by Gasteiger charge is -2.34. The van der Waals surface area contributed by atoms with Crippen molar-refractivity contribution in [1.82, 2.24) is 15.5 Å². The Bertz CT molecular complexity index is 668. The van der Waals surface area contributed by atoms with Crippen molar-refractivity contribution in [3.8, 4) is 0 Å². The topological polar surface area (TPSA) is 69.1 Å². The van der Waals surface area contributed by atoms with Crippen LogP contribution in [-0.4, -0.2) is 53.7 Å². The molecule has 2 unspecified atom stereocenters. The second-order valence-electron chi connectivity index (χ2n) is 6.20. The number of benzene rings is 1. The summed E-state index contributed by atoms with van der Waals surface area (Å²) in [6, 6.07) is 8.71. The van der Waals surface area contributed by atoms with Crippen molar-refractivity contribution >= 4 is 64.1 Å². The molecule has 1 heterocycles. The van der Waals surface area contributed by atoms with E-state index in [2.05, 4.69) is 74.4 Å². The van der Waals surface area contributed by atoms with Crippen LogP contribution in [0.1, 0.15) is 25.3 Å². The van der Waals surface area contributed by atoms with E-state index in [1.165, 1.54) is 9.13 Å². The van der Waals surface area contributed by atoms with E-state index in [0.717, 1.165) is 12.8 Å². The summed E-state index contributed by atoms with van der Waals surface area (Å²) >= 11 is 14.1. The highest BCUT2D eigenvalue weighted by atomic mass is 127. The summed E-state index contributed by atoms with van der Waals surface area (Å²) in [5.41, 5.74) is 1.30. The summed E-state index contributed by atoms with van der Waals surface area (Å²) in [5, 5.41) is 5.99. The van der Waals surface area contributed by atoms with Gasteiger partial charge in [-0.1, -0.05) is 12.1 Å². The molecule has 0 saturated carbocycles. The molecule has 2 rings (SSSR count). The average molecular weight is 524 g/mol. The fourth-order valence-electron chi connectivity index (χ4n) is 2.77. The maximum Gasteiger partial charge on any atom is 0.223 e. The number of carbonyl (C=O) groups excluding carboxylic acids is 1. The Morgan fingerprint density at radius 1 is 1.30 bits per heavy atom. The summed E-state index contributed by atoms with van der Waals surface area (Å²) in [6.45, 7) is 2.63. The number of rotatable bonds is 9. The lowest BCUT2D eigenvalue weighted by atomic mass is 10.1. The molecule has 27 heavy (non-hydrogen) atoms. The zero-order valence-corrected chi connectivity index (χ0v) is 18.8. The zero-order valence-electron chi connectivity index (χ0n) is 15.2. The number of nitrogens with one attached hydrogen (secondary N) is 2. The zero-order chi connectivity index (χ0) is 19.6. The van der Waals surface area contributed by atoms with Gasteiger partial charge in [-0.15, -0.1) is 23.2 Å². The Kier molecular flexibility index (Phi) is 9.64. The molecule has 1 aromatic carbocycles. The molecule has 6 nitrogen and oxygen atoms in total. The molecule has 0 saturated heterocycles. The first kappa shape index (κ1) is 22.2. The van der Waals surface area contributed by atoms with Crippen molar-refractivity contribution in [2.24, 2.45) is 9.98 Å². The predicted octanol–water partition coefficient (Wildman–Crippen LogP) is 3.17. The number of amides is 1. The molecule has 2 atom stereocenters. The average Bonchev–Trinajstić information content (AvgIpc) is 2.64. The van der Waals surface area contributed by atoms with Crippen LogP contribution in [0.3, 0.4) is 0 Å². The molecule has 9 heteroatoms. The third-order valence-electron chi connectivity index (χ3n) is 4.15. The Balaban J connectivity index is 2.02. The Morgan fingerprint density at radius 2 is 2.04 bits per heavy atom. The standard InChI is InChI=1S/C18H24Cl2IN5O/c1-13(2-3-14-4-6-15(21)7-5-14)23-17-24-16(8-9-19)26(11-10-20)18(25-17)22-12-27/h4-7,12-13,16H,2-3,8-11H2,1H3,(H2,22,23,24,25,27). The maximum atomic E-state index is 11.0. The third-order valence-corrected chi connectivity index (χ3v) is 5.26. The van der Waals surface area contributed by atoms with Crippen molar-refractivity contribution in [2.75, 3.05) is 18.3 Å². The number of aryl methyl sites for hydroxylation is 1. The SMILES string of the molecule is CC(CCc1ccc(I)cc1)NC1=NC(CCCl)N(CCCl)C(NC=O)=N1. The highest BCUT2D eigenvalue weighted by molar-refractivity contribution is 14.1. The van der Waals surface area contributed by atoms with Crippen LogP contribution in [-0.2, 0) is 11.2 Å². The van der Waals surface area contributed by atoms with E-state index in [1.807, 2.05) is 4.90 Å². The molecule has 0 radical (unpaired) electrons. The van der Waals surface area contributed by atoms with Crippen molar-refractivity contribution in [3.63, 3.8) is 0 Å². The number of hydrogen-bond acceptors (Lipinski definition) is 5. The highest BCUT2D eigenvalue weighted by Gasteiger charge is 2.26. The maximum absolute atomic E-state index is 11.0. The van der Waals surface area contributed by atoms with E-state index >= 15 is 0 Å². The Hall–Kier alpha value is -1.06. The fraction of sp³-hybridized carbons (Fsp3) is 0.500. The van der Waals surface area contributed by atoms with Gasteiger partial charge in [0.05, 0.1) is 0 Å². The minimum absolute atomic E-state index is 0.181. The van der Waals surface area contributed by atoms with E-state index in [4.69, 9.17) is 23.2 Å². The molecule has 1 aliphatic rings. The fourth-order valence-corrected chi connectivity index (χ4v) is 3.51. The summed E-state index contributed by atoms with van der Waals surface area (Å²) in [7, 11) is 0. The number of guanidine groups is 2. The molecule has 0 aromatic heterocycles. The van der Waals surface area contributed by atoms with Gasteiger partial charge in [0.2, 0.25) is 18.3 Å². The molecular weight excluding hydrogens is 500 g/mol. The monoisotopic (exact) mass is 523 g/mol. The number of aliphatic imine (C=N–C) groups is 2. The van der Waals surface area contributed by atoms with Crippen LogP contribution in [0, 0.1) is 3.57 Å². The second kappa shape index (κ2) is 11.7. The molecule has 0 bridgehead atoms. The van der Waals surface area contributed by atoms with E-state index in [9.17, 15) is 4.79 Å². The largest absolute Gasteiger partial charge is 0.352 e. The molecule has 0 aliphatic carbocycles. The van der Waals surface area contributed by atoms with Crippen LogP contribution in [0.2, 0.25) is 0 Å². The van der Waals surface area contributed by atoms with Gasteiger partial charge in [-0.2, -0.15) is 4.99 Å². The molecule has 148 valence electrons. The van der Waals surface area contributed by atoms with Crippen LogP contribution in [0.15, 0.2) is 34.3 Å². The van der Waals surface area contributed by atoms with E-state index in [0.29, 0.717) is 43.1 Å². The van der Waals surface area contributed by atoms with E-state index in [1.54, 1.807) is 0 Å². The quantitative estimate of drug-likeness (QED) is 0.297. The van der Waals surface area contributed by atoms with Crippen LogP contribution in [0.5, 0.6) is 0 Å². The number of alkyl halides is 2. The van der Waals surface area contributed by atoms with Crippen LogP contribution < -0.4 is 10.6 Å². The van der Waals surface area contributed by atoms with Crippen LogP contribution in [0.25, 0.3) is 0 Å². The van der Waals surface area contributed by atoms with Gasteiger partial charge in [0.15, 0.2) is 0 Å². The highest BCUT2D eigenvalue weighted by Crippen LogP contribution is 2.14. The van der Waals surface area contributed by atoms with Gasteiger partial charge in [0, 0.05) is 34.3 Å². The van der Waals surface area contributed by atoms with Crippen molar-refractivity contribution in [1.29, 1.82) is 0 Å². The first-order valence-corrected chi connectivity index (χ1v) is 11.0. The van der Waals surface area contributed by atoms with Gasteiger partial charge in [-0.05, 0) is 60.1 Å². The first-order chi connectivity index (χ1) is 13.1. The van der Waals surface area contributed by atoms with Crippen molar-refractivity contribution in [2.45, 2.75) is 38.4 Å². The third kappa shape index (κ3) is 7.12. The lowest BCUT2D eigenvalue weighted by molar-refractivity contribution is -0.108. The molecule has 1 amide bonds. The predicted molar refractivity (Wildman–Crippen MR) is 121 cm³/mol. The van der Waals surface area contributed by atoms with Crippen molar-refractivity contribution in [3.05, 3.63) is 33.4 Å². The van der Waals surface area contributed by atoms with Crippen molar-refractivity contribution < 1.29 is 4.79 Å². The van der Waals surface area contributed by atoms with Gasteiger partial charge in [0.25, 0.3) is 0 Å². The van der Waals surface area contributed by atoms with Crippen LogP contribution in [0.4, 0.5) is 0 Å². The molecule has 1 aliphatic heterocycles. The normalized spacial score (nSPS) is 17.8. The summed E-state index contributed by atoms with van der Waals surface area (Å²) in [5.74, 6) is 1.82. The Labute approximate surface area is 183 Å². The smallest absolute Gasteiger partial charge is 0.223 e. The Morgan fingerprint density at radius 3 is 2.67 bits per heavy atom. The summed E-state index contributed by atoms with van der Waals surface area (Å²) < 4.78 is 1.23. The molecule has 2 N–H and O–H groups in total. The minimum Gasteiger partial charge on any atom is -0.352 e. The van der Waals surface area contributed by atoms with E-state index < -0.39 is 0 Å². The summed E-state index contributed by atoms with van der Waals surface area (Å²) in [6.07, 6.45) is 2.95. The number of nitrogens with zero attached hydrogens (tertiary/aromatic N) is 3. The minimum atomic E-state index is -0.202. The van der Waals surface area contributed by atoms with Gasteiger partial charge < -0.3 is 10.2 Å². The molecule has 0 spiro atoms. The van der Waals surface area contributed by atoms with Crippen LogP contribution >= 0.6 is 45.8 Å². The van der Waals surface area contributed by atoms with E-state index in [-0.39, 0.29) is 12.2 Å². The number of hydrogen-bond donors (Lipinski definition) is 2. The molecule has 0 fully saturated rings. The number of carbonyl (C=O) groups is 1. The van der Waals surface area contributed by atoms with Gasteiger partial charge in [-0.3, -0.25) is 10.1 Å². The first-order valence-electron chi connectivity index (χ1n) is 8.83. The summed E-state index contributed by atoms with van der Waals surface area (Å²) in [4.78, 5) is 21.9. The number of halogens is 3. The van der Waals surface area contributed by atoms with Gasteiger partial charge >= 0.3 is 0 Å². The lowest BCUT2D eigenvalue weighted by Crippen LogP contribution is -2.52. The second-order valence-corrected chi connectivity index (χ2v) is 8.20. The van der Waals surface area contributed by atoms with Gasteiger partial charge in [-0.25, -0.2) is 4.99 Å². The molecular formula is C18H24Cl2IN5O.